The van der Waals surface area contributed by atoms with Crippen molar-refractivity contribution in [1.82, 2.24) is 4.90 Å². The maximum atomic E-state index is 13.1. The molecule has 1 saturated carbocycles. The molecule has 1 aliphatic rings. The molecule has 0 radical (unpaired) electrons. The van der Waals surface area contributed by atoms with Crippen LogP contribution in [0.5, 0.6) is 0 Å². The van der Waals surface area contributed by atoms with Gasteiger partial charge in [0.1, 0.15) is 5.41 Å². The Bertz CT molecular complexity index is 347. The molecular weight excluding hydrogens is 254 g/mol. The third-order valence-electron chi connectivity index (χ3n) is 4.69. The lowest BCUT2D eigenvalue weighted by molar-refractivity contribution is -0.141. The van der Waals surface area contributed by atoms with Gasteiger partial charge >= 0.3 is 0 Å². The maximum absolute atomic E-state index is 13.1. The van der Waals surface area contributed by atoms with Crippen molar-refractivity contribution in [3.8, 4) is 0 Å². The van der Waals surface area contributed by atoms with E-state index in [2.05, 4.69) is 19.0 Å². The zero-order valence-corrected chi connectivity index (χ0v) is 13.1. The number of carbonyl (C=O) groups excluding carboxylic acids is 1. The molecule has 5 nitrogen and oxygen atoms in total. The molecule has 116 valence electrons. The predicted molar refractivity (Wildman–Crippen MR) is 80.7 cm³/mol. The Morgan fingerprint density at radius 1 is 1.30 bits per heavy atom. The van der Waals surface area contributed by atoms with Crippen molar-refractivity contribution in [1.29, 1.82) is 0 Å². The summed E-state index contributed by atoms with van der Waals surface area (Å²) in [6.07, 6.45) is 6.43. The molecule has 3 N–H and O–H groups in total. The van der Waals surface area contributed by atoms with E-state index in [4.69, 9.17) is 10.9 Å². The molecule has 1 rings (SSSR count). The fourth-order valence-corrected chi connectivity index (χ4v) is 3.16. The number of rotatable bonds is 5. The van der Waals surface area contributed by atoms with Crippen molar-refractivity contribution in [2.75, 3.05) is 6.54 Å². The summed E-state index contributed by atoms with van der Waals surface area (Å²) in [5.41, 5.74) is 5.14. The molecule has 0 aliphatic heterocycles. The summed E-state index contributed by atoms with van der Waals surface area (Å²) in [6.45, 7) is 6.77. The molecule has 0 saturated heterocycles. The topological polar surface area (TPSA) is 78.9 Å². The first-order valence-corrected chi connectivity index (χ1v) is 7.82. The van der Waals surface area contributed by atoms with Gasteiger partial charge in [0.05, 0.1) is 0 Å². The Kier molecular flexibility index (Phi) is 6.30. The van der Waals surface area contributed by atoms with Crippen LogP contribution in [0.25, 0.3) is 0 Å². The number of nitrogens with zero attached hydrogens (tertiary/aromatic N) is 2. The fourth-order valence-electron chi connectivity index (χ4n) is 3.16. The second-order valence-electron chi connectivity index (χ2n) is 5.83. The minimum Gasteiger partial charge on any atom is -0.409 e. The van der Waals surface area contributed by atoms with E-state index in [1.165, 1.54) is 0 Å². The minimum atomic E-state index is -0.801. The van der Waals surface area contributed by atoms with Gasteiger partial charge in [-0.3, -0.25) is 4.79 Å². The number of nitrogens with two attached hydrogens (primary N) is 1. The normalized spacial score (nSPS) is 21.1. The molecule has 0 aromatic rings. The van der Waals surface area contributed by atoms with Gasteiger partial charge in [-0.05, 0) is 33.1 Å². The van der Waals surface area contributed by atoms with Gasteiger partial charge in [0.25, 0.3) is 0 Å². The van der Waals surface area contributed by atoms with Gasteiger partial charge in [-0.15, -0.1) is 0 Å². The first kappa shape index (κ1) is 16.8. The summed E-state index contributed by atoms with van der Waals surface area (Å²) in [7, 11) is 0. The summed E-state index contributed by atoms with van der Waals surface area (Å²) in [5.74, 6) is 0.123. The van der Waals surface area contributed by atoms with Gasteiger partial charge in [-0.1, -0.05) is 37.8 Å². The van der Waals surface area contributed by atoms with Gasteiger partial charge in [0.2, 0.25) is 5.91 Å². The quantitative estimate of drug-likeness (QED) is 0.268. The molecule has 1 fully saturated rings. The molecule has 20 heavy (non-hydrogen) atoms. The maximum Gasteiger partial charge on any atom is 0.236 e. The molecule has 0 aromatic carbocycles. The van der Waals surface area contributed by atoms with E-state index in [-0.39, 0.29) is 17.8 Å². The average molecular weight is 283 g/mol. The van der Waals surface area contributed by atoms with Crippen LogP contribution in [0.2, 0.25) is 0 Å². The van der Waals surface area contributed by atoms with Crippen LogP contribution in [0, 0.1) is 5.41 Å². The molecule has 1 amide bonds. The minimum absolute atomic E-state index is 0.0338. The van der Waals surface area contributed by atoms with Crippen LogP contribution in [-0.2, 0) is 4.79 Å². The summed E-state index contributed by atoms with van der Waals surface area (Å²) in [6, 6.07) is 0.180. The van der Waals surface area contributed by atoms with Crippen LogP contribution in [0.1, 0.15) is 65.7 Å². The Hall–Kier alpha value is -1.26. The van der Waals surface area contributed by atoms with Crippen LogP contribution in [0.3, 0.4) is 0 Å². The number of carbonyl (C=O) groups is 1. The van der Waals surface area contributed by atoms with Crippen LogP contribution in [-0.4, -0.2) is 34.4 Å². The highest BCUT2D eigenvalue weighted by Gasteiger charge is 2.45. The number of hydrogen-bond donors (Lipinski definition) is 2. The summed E-state index contributed by atoms with van der Waals surface area (Å²) < 4.78 is 0. The molecule has 0 spiro atoms. The molecule has 0 aromatic heterocycles. The highest BCUT2D eigenvalue weighted by atomic mass is 16.4. The van der Waals surface area contributed by atoms with Crippen molar-refractivity contribution >= 4 is 11.7 Å². The van der Waals surface area contributed by atoms with Crippen LogP contribution in [0.15, 0.2) is 5.16 Å². The van der Waals surface area contributed by atoms with E-state index in [0.29, 0.717) is 19.4 Å². The third-order valence-corrected chi connectivity index (χ3v) is 4.69. The van der Waals surface area contributed by atoms with E-state index >= 15 is 0 Å². The largest absolute Gasteiger partial charge is 0.409 e. The monoisotopic (exact) mass is 283 g/mol. The van der Waals surface area contributed by atoms with Gasteiger partial charge in [-0.25, -0.2) is 0 Å². The summed E-state index contributed by atoms with van der Waals surface area (Å²) in [5, 5.41) is 12.3. The number of hydrogen-bond acceptors (Lipinski definition) is 3. The van der Waals surface area contributed by atoms with E-state index in [1.807, 2.05) is 11.8 Å². The predicted octanol–water partition coefficient (Wildman–Crippen LogP) is 2.72. The van der Waals surface area contributed by atoms with Gasteiger partial charge in [0, 0.05) is 12.6 Å². The lowest BCUT2D eigenvalue weighted by Gasteiger charge is -2.38. The summed E-state index contributed by atoms with van der Waals surface area (Å²) in [4.78, 5) is 14.9. The molecule has 5 heteroatoms. The van der Waals surface area contributed by atoms with Crippen LogP contribution >= 0.6 is 0 Å². The van der Waals surface area contributed by atoms with E-state index in [9.17, 15) is 4.79 Å². The van der Waals surface area contributed by atoms with E-state index in [1.54, 1.807) is 0 Å². The Morgan fingerprint density at radius 2 is 1.85 bits per heavy atom. The third kappa shape index (κ3) is 3.25. The van der Waals surface area contributed by atoms with E-state index in [0.717, 1.165) is 32.1 Å². The van der Waals surface area contributed by atoms with Crippen molar-refractivity contribution in [3.63, 3.8) is 0 Å². The fraction of sp³-hybridized carbons (Fsp3) is 0.867. The van der Waals surface area contributed by atoms with Crippen molar-refractivity contribution in [3.05, 3.63) is 0 Å². The number of amidine groups is 1. The molecular formula is C15H29N3O2. The molecule has 0 bridgehead atoms. The van der Waals surface area contributed by atoms with Crippen molar-refractivity contribution in [2.45, 2.75) is 71.8 Å². The summed E-state index contributed by atoms with van der Waals surface area (Å²) >= 11 is 0. The Morgan fingerprint density at radius 3 is 2.25 bits per heavy atom. The highest BCUT2D eigenvalue weighted by Crippen LogP contribution is 2.37. The lowest BCUT2D eigenvalue weighted by atomic mass is 9.77. The van der Waals surface area contributed by atoms with Gasteiger partial charge < -0.3 is 15.8 Å². The van der Waals surface area contributed by atoms with Gasteiger partial charge in [-0.2, -0.15) is 0 Å². The number of oxime groups is 1. The molecule has 1 atom stereocenters. The molecule has 1 aliphatic carbocycles. The Balaban J connectivity index is 3.12. The zero-order chi connectivity index (χ0) is 15.2. The Labute approximate surface area is 122 Å². The van der Waals surface area contributed by atoms with E-state index < -0.39 is 5.41 Å². The molecule has 0 heterocycles. The highest BCUT2D eigenvalue weighted by molar-refractivity contribution is 6.06. The molecule has 1 unspecified atom stereocenters. The number of amides is 1. The second kappa shape index (κ2) is 7.50. The van der Waals surface area contributed by atoms with Crippen LogP contribution in [0.4, 0.5) is 0 Å². The van der Waals surface area contributed by atoms with Crippen molar-refractivity contribution < 1.29 is 10.0 Å². The van der Waals surface area contributed by atoms with Gasteiger partial charge in [0.15, 0.2) is 5.84 Å². The first-order chi connectivity index (χ1) is 9.53. The van der Waals surface area contributed by atoms with Crippen LogP contribution < -0.4 is 5.73 Å². The average Bonchev–Trinajstić information content (AvgIpc) is 2.73. The SMILES string of the molecule is CCC(C)N(CC)C(=O)C1(C(N)=NO)CCCCCC1. The lowest BCUT2D eigenvalue weighted by Crippen LogP contribution is -2.53. The second-order valence-corrected chi connectivity index (χ2v) is 5.83. The standard InChI is InChI=1S/C15H29N3O2/c1-4-12(3)18(5-2)14(19)15(13(16)17-20)10-8-6-7-9-11-15/h12,20H,4-11H2,1-3H3,(H2,16,17). The van der Waals surface area contributed by atoms with Crippen molar-refractivity contribution in [2.24, 2.45) is 16.3 Å². The first-order valence-electron chi connectivity index (χ1n) is 7.82. The smallest absolute Gasteiger partial charge is 0.236 e. The zero-order valence-electron chi connectivity index (χ0n) is 13.1.